The van der Waals surface area contributed by atoms with Gasteiger partial charge in [0, 0.05) is 4.47 Å². The van der Waals surface area contributed by atoms with E-state index in [-0.39, 0.29) is 11.3 Å². The number of halogens is 3. The van der Waals surface area contributed by atoms with Crippen LogP contribution in [0.5, 0.6) is 0 Å². The fourth-order valence-corrected chi connectivity index (χ4v) is 1.77. The van der Waals surface area contributed by atoms with Crippen molar-refractivity contribution in [3.63, 3.8) is 0 Å². The lowest BCUT2D eigenvalue weighted by molar-refractivity contribution is 0.626. The van der Waals surface area contributed by atoms with E-state index in [9.17, 15) is 8.78 Å². The molecule has 2 nitrogen and oxygen atoms in total. The van der Waals surface area contributed by atoms with Crippen molar-refractivity contribution >= 4 is 27.3 Å². The second-order valence-corrected chi connectivity index (χ2v) is 4.41. The van der Waals surface area contributed by atoms with Gasteiger partial charge in [0.15, 0.2) is 0 Å². The quantitative estimate of drug-likeness (QED) is 0.895. The largest absolute Gasteiger partial charge is 0.352 e. The molecule has 0 aliphatic carbocycles. The smallest absolute Gasteiger partial charge is 0.147 e. The standard InChI is InChI=1S/C13H7BrF2N2/c14-10-3-2-9(15)6-13(10)18-12-4-1-8(7-17)5-11(12)16/h1-6,18H. The number of nitriles is 1. The van der Waals surface area contributed by atoms with Gasteiger partial charge in [0.05, 0.1) is 23.0 Å². The Balaban J connectivity index is 2.34. The number of anilines is 2. The molecule has 0 saturated carbocycles. The number of nitrogens with one attached hydrogen (secondary N) is 1. The highest BCUT2D eigenvalue weighted by Gasteiger charge is 2.07. The maximum Gasteiger partial charge on any atom is 0.147 e. The second-order valence-electron chi connectivity index (χ2n) is 3.56. The van der Waals surface area contributed by atoms with Gasteiger partial charge in [-0.15, -0.1) is 0 Å². The van der Waals surface area contributed by atoms with Gasteiger partial charge in [-0.25, -0.2) is 8.78 Å². The van der Waals surface area contributed by atoms with Crippen molar-refractivity contribution in [2.75, 3.05) is 5.32 Å². The molecule has 0 spiro atoms. The van der Waals surface area contributed by atoms with E-state index in [4.69, 9.17) is 5.26 Å². The van der Waals surface area contributed by atoms with Gasteiger partial charge in [-0.05, 0) is 52.3 Å². The first-order valence-electron chi connectivity index (χ1n) is 5.02. The van der Waals surface area contributed by atoms with Crippen LogP contribution < -0.4 is 5.32 Å². The van der Waals surface area contributed by atoms with Gasteiger partial charge in [-0.3, -0.25) is 0 Å². The summed E-state index contributed by atoms with van der Waals surface area (Å²) in [6.07, 6.45) is 0. The molecular formula is C13H7BrF2N2. The lowest BCUT2D eigenvalue weighted by Gasteiger charge is -2.09. The van der Waals surface area contributed by atoms with Crippen molar-refractivity contribution in [2.24, 2.45) is 0 Å². The molecular weight excluding hydrogens is 302 g/mol. The predicted molar refractivity (Wildman–Crippen MR) is 68.5 cm³/mol. The van der Waals surface area contributed by atoms with Crippen LogP contribution in [0.4, 0.5) is 20.2 Å². The van der Waals surface area contributed by atoms with Crippen LogP contribution in [0.25, 0.3) is 0 Å². The molecule has 0 bridgehead atoms. The molecule has 0 unspecified atom stereocenters. The third kappa shape index (κ3) is 2.66. The summed E-state index contributed by atoms with van der Waals surface area (Å²) in [6, 6.07) is 9.96. The average molecular weight is 309 g/mol. The molecule has 5 heteroatoms. The van der Waals surface area contributed by atoms with Crippen LogP contribution in [0.2, 0.25) is 0 Å². The van der Waals surface area contributed by atoms with Crippen LogP contribution in [0, 0.1) is 23.0 Å². The molecule has 0 heterocycles. The number of rotatable bonds is 2. The molecule has 18 heavy (non-hydrogen) atoms. The van der Waals surface area contributed by atoms with E-state index < -0.39 is 11.6 Å². The first kappa shape index (κ1) is 12.5. The monoisotopic (exact) mass is 308 g/mol. The zero-order chi connectivity index (χ0) is 13.1. The summed E-state index contributed by atoms with van der Waals surface area (Å²) in [5.74, 6) is -0.986. The molecule has 2 rings (SSSR count). The summed E-state index contributed by atoms with van der Waals surface area (Å²) in [5.41, 5.74) is 0.829. The highest BCUT2D eigenvalue weighted by molar-refractivity contribution is 9.10. The Morgan fingerprint density at radius 1 is 1.06 bits per heavy atom. The topological polar surface area (TPSA) is 35.8 Å². The molecule has 0 aromatic heterocycles. The van der Waals surface area contributed by atoms with Crippen molar-refractivity contribution in [3.8, 4) is 6.07 Å². The lowest BCUT2D eigenvalue weighted by atomic mass is 10.2. The zero-order valence-electron chi connectivity index (χ0n) is 9.05. The maximum absolute atomic E-state index is 13.6. The van der Waals surface area contributed by atoms with Crippen LogP contribution >= 0.6 is 15.9 Å². The van der Waals surface area contributed by atoms with Crippen LogP contribution in [0.15, 0.2) is 40.9 Å². The molecule has 0 aliphatic rings. The molecule has 90 valence electrons. The van der Waals surface area contributed by atoms with E-state index in [0.717, 1.165) is 6.07 Å². The molecule has 0 fully saturated rings. The number of hydrogen-bond donors (Lipinski definition) is 1. The van der Waals surface area contributed by atoms with E-state index in [0.29, 0.717) is 10.2 Å². The highest BCUT2D eigenvalue weighted by atomic mass is 79.9. The molecule has 0 aliphatic heterocycles. The minimum Gasteiger partial charge on any atom is -0.352 e. The van der Waals surface area contributed by atoms with Gasteiger partial charge >= 0.3 is 0 Å². The van der Waals surface area contributed by atoms with Gasteiger partial charge in [0.2, 0.25) is 0 Å². The number of benzene rings is 2. The van der Waals surface area contributed by atoms with Gasteiger partial charge in [0.1, 0.15) is 11.6 Å². The summed E-state index contributed by atoms with van der Waals surface area (Å²) in [6.45, 7) is 0. The van der Waals surface area contributed by atoms with Crippen molar-refractivity contribution in [1.29, 1.82) is 5.26 Å². The zero-order valence-corrected chi connectivity index (χ0v) is 10.6. The van der Waals surface area contributed by atoms with Gasteiger partial charge in [0.25, 0.3) is 0 Å². The highest BCUT2D eigenvalue weighted by Crippen LogP contribution is 2.28. The predicted octanol–water partition coefficient (Wildman–Crippen LogP) is 4.34. The summed E-state index contributed by atoms with van der Waals surface area (Å²) in [4.78, 5) is 0. The van der Waals surface area contributed by atoms with E-state index in [1.165, 1.54) is 30.3 Å². The minimum atomic E-state index is -0.565. The number of hydrogen-bond acceptors (Lipinski definition) is 2. The second kappa shape index (κ2) is 5.15. The van der Waals surface area contributed by atoms with Gasteiger partial charge in [-0.1, -0.05) is 0 Å². The summed E-state index contributed by atoms with van der Waals surface area (Å²) in [7, 11) is 0. The molecule has 0 atom stereocenters. The Morgan fingerprint density at radius 3 is 2.50 bits per heavy atom. The van der Waals surface area contributed by atoms with Crippen LogP contribution in [-0.4, -0.2) is 0 Å². The first-order valence-corrected chi connectivity index (χ1v) is 5.81. The molecule has 0 saturated heterocycles. The summed E-state index contributed by atoms with van der Waals surface area (Å²) in [5, 5.41) is 11.4. The SMILES string of the molecule is N#Cc1ccc(Nc2cc(F)ccc2Br)c(F)c1. The molecule has 2 aromatic rings. The molecule has 0 radical (unpaired) electrons. The Morgan fingerprint density at radius 2 is 1.83 bits per heavy atom. The van der Waals surface area contributed by atoms with Crippen molar-refractivity contribution in [2.45, 2.75) is 0 Å². The lowest BCUT2D eigenvalue weighted by Crippen LogP contribution is -1.96. The van der Waals surface area contributed by atoms with Crippen LogP contribution in [0.3, 0.4) is 0 Å². The maximum atomic E-state index is 13.6. The Labute approximate surface area is 111 Å². The first-order chi connectivity index (χ1) is 8.60. The summed E-state index contributed by atoms with van der Waals surface area (Å²) < 4.78 is 27.3. The molecule has 0 amide bonds. The Kier molecular flexibility index (Phi) is 3.58. The van der Waals surface area contributed by atoms with Gasteiger partial charge in [-0.2, -0.15) is 5.26 Å². The number of nitrogens with zero attached hydrogens (tertiary/aromatic N) is 1. The van der Waals surface area contributed by atoms with E-state index in [1.807, 2.05) is 6.07 Å². The van der Waals surface area contributed by atoms with Crippen LogP contribution in [-0.2, 0) is 0 Å². The fraction of sp³-hybridized carbons (Fsp3) is 0. The van der Waals surface area contributed by atoms with Gasteiger partial charge < -0.3 is 5.32 Å². The average Bonchev–Trinajstić information content (AvgIpc) is 2.36. The Bertz CT molecular complexity index is 635. The van der Waals surface area contributed by atoms with Crippen molar-refractivity contribution in [1.82, 2.24) is 0 Å². The molecule has 2 aromatic carbocycles. The minimum absolute atomic E-state index is 0.181. The van der Waals surface area contributed by atoms with Crippen LogP contribution in [0.1, 0.15) is 5.56 Å². The van der Waals surface area contributed by atoms with E-state index in [2.05, 4.69) is 21.2 Å². The third-order valence-corrected chi connectivity index (χ3v) is 2.99. The van der Waals surface area contributed by atoms with Crippen molar-refractivity contribution < 1.29 is 8.78 Å². The van der Waals surface area contributed by atoms with Crippen molar-refractivity contribution in [3.05, 3.63) is 58.1 Å². The summed E-state index contributed by atoms with van der Waals surface area (Å²) >= 11 is 3.24. The normalized spacial score (nSPS) is 9.89. The third-order valence-electron chi connectivity index (χ3n) is 2.30. The molecule has 1 N–H and O–H groups in total. The van der Waals surface area contributed by atoms with E-state index >= 15 is 0 Å². The Hall–Kier alpha value is -1.93. The fourth-order valence-electron chi connectivity index (χ4n) is 1.42. The van der Waals surface area contributed by atoms with E-state index in [1.54, 1.807) is 0 Å².